The lowest BCUT2D eigenvalue weighted by atomic mass is 10.1. The Kier molecular flexibility index (Phi) is 4.57. The fraction of sp³-hybridized carbons (Fsp3) is 0.333. The summed E-state index contributed by atoms with van der Waals surface area (Å²) in [5.74, 6) is 4.92. The van der Waals surface area contributed by atoms with Gasteiger partial charge in [-0.2, -0.15) is 0 Å². The van der Waals surface area contributed by atoms with Crippen molar-refractivity contribution in [3.63, 3.8) is 0 Å². The van der Waals surface area contributed by atoms with Crippen LogP contribution < -0.4 is 5.90 Å². The van der Waals surface area contributed by atoms with Crippen molar-refractivity contribution in [1.82, 2.24) is 0 Å². The number of rotatable bonds is 4. The quantitative estimate of drug-likeness (QED) is 0.519. The molecule has 3 heteroatoms. The van der Waals surface area contributed by atoms with Crippen LogP contribution in [0, 0.1) is 3.57 Å². The van der Waals surface area contributed by atoms with Crippen LogP contribution in [0.2, 0.25) is 0 Å². The molecule has 2 N–H and O–H groups in total. The van der Waals surface area contributed by atoms with Gasteiger partial charge in [0.05, 0.1) is 6.61 Å². The van der Waals surface area contributed by atoms with Crippen LogP contribution in [0.4, 0.5) is 0 Å². The van der Waals surface area contributed by atoms with E-state index in [0.717, 1.165) is 12.8 Å². The Morgan fingerprint density at radius 2 is 2.25 bits per heavy atom. The van der Waals surface area contributed by atoms with Gasteiger partial charge in [-0.3, -0.25) is 0 Å². The van der Waals surface area contributed by atoms with Crippen molar-refractivity contribution >= 4 is 22.6 Å². The molecule has 0 heterocycles. The minimum Gasteiger partial charge on any atom is -0.305 e. The third-order valence-corrected chi connectivity index (χ3v) is 2.29. The third kappa shape index (κ3) is 3.51. The molecule has 0 spiro atoms. The molecule has 0 radical (unpaired) electrons. The van der Waals surface area contributed by atoms with Crippen molar-refractivity contribution in [2.24, 2.45) is 5.90 Å². The largest absolute Gasteiger partial charge is 0.305 e. The second-order valence-corrected chi connectivity index (χ2v) is 3.85. The van der Waals surface area contributed by atoms with Crippen LogP contribution in [0.3, 0.4) is 0 Å². The maximum Gasteiger partial charge on any atom is 0.0682 e. The van der Waals surface area contributed by atoms with E-state index >= 15 is 0 Å². The summed E-state index contributed by atoms with van der Waals surface area (Å²) in [4.78, 5) is 4.49. The van der Waals surface area contributed by atoms with Gasteiger partial charge in [0.15, 0.2) is 0 Å². The summed E-state index contributed by atoms with van der Waals surface area (Å²) in [6.07, 6.45) is 2.02. The molecule has 0 aliphatic rings. The van der Waals surface area contributed by atoms with Crippen LogP contribution in [0.1, 0.15) is 12.0 Å². The molecule has 1 aromatic carbocycles. The minimum atomic E-state index is 0.630. The van der Waals surface area contributed by atoms with Crippen LogP contribution in [-0.2, 0) is 11.3 Å². The van der Waals surface area contributed by atoms with Gasteiger partial charge in [0, 0.05) is 3.57 Å². The molecule has 0 fully saturated rings. The summed E-state index contributed by atoms with van der Waals surface area (Å²) in [5, 5.41) is 0. The normalized spacial score (nSPS) is 10.2. The van der Waals surface area contributed by atoms with Gasteiger partial charge in [-0.15, -0.1) is 0 Å². The molecule has 2 nitrogen and oxygen atoms in total. The van der Waals surface area contributed by atoms with Gasteiger partial charge in [-0.05, 0) is 53.1 Å². The standard InChI is InChI=1S/C9H12INO/c10-9-5-1-3-8(7-9)4-2-6-12-11/h1,3,5,7H,2,4,6,11H2. The van der Waals surface area contributed by atoms with E-state index < -0.39 is 0 Å². The van der Waals surface area contributed by atoms with E-state index in [2.05, 4.69) is 51.7 Å². The van der Waals surface area contributed by atoms with Gasteiger partial charge in [-0.25, -0.2) is 5.90 Å². The van der Waals surface area contributed by atoms with Gasteiger partial charge in [-0.1, -0.05) is 12.1 Å². The Labute approximate surface area is 86.2 Å². The number of nitrogens with two attached hydrogens (primary N) is 1. The predicted molar refractivity (Wildman–Crippen MR) is 57.6 cm³/mol. The van der Waals surface area contributed by atoms with E-state index in [9.17, 15) is 0 Å². The fourth-order valence-electron chi connectivity index (χ4n) is 1.05. The first kappa shape index (κ1) is 9.95. The smallest absolute Gasteiger partial charge is 0.0682 e. The van der Waals surface area contributed by atoms with Crippen molar-refractivity contribution in [2.45, 2.75) is 12.8 Å². The molecule has 0 aliphatic carbocycles. The Balaban J connectivity index is 2.41. The molecule has 0 aromatic heterocycles. The summed E-state index contributed by atoms with van der Waals surface area (Å²) in [6, 6.07) is 8.46. The lowest BCUT2D eigenvalue weighted by Gasteiger charge is -2.00. The van der Waals surface area contributed by atoms with E-state index in [4.69, 9.17) is 5.90 Å². The summed E-state index contributed by atoms with van der Waals surface area (Å²) < 4.78 is 1.28. The van der Waals surface area contributed by atoms with Gasteiger partial charge in [0.25, 0.3) is 0 Å². The molecule has 0 saturated carbocycles. The maximum atomic E-state index is 4.92. The average molecular weight is 277 g/mol. The lowest BCUT2D eigenvalue weighted by molar-refractivity contribution is 0.135. The Hall–Kier alpha value is -0.130. The molecule has 0 bridgehead atoms. The SMILES string of the molecule is NOCCCc1cccc(I)c1. The fourth-order valence-corrected chi connectivity index (χ4v) is 1.66. The van der Waals surface area contributed by atoms with Crippen molar-refractivity contribution < 1.29 is 4.84 Å². The number of halogens is 1. The third-order valence-electron chi connectivity index (χ3n) is 1.62. The Bertz CT molecular complexity index is 240. The second kappa shape index (κ2) is 5.50. The maximum absolute atomic E-state index is 4.92. The zero-order valence-electron chi connectivity index (χ0n) is 6.79. The van der Waals surface area contributed by atoms with Crippen molar-refractivity contribution in [3.05, 3.63) is 33.4 Å². The average Bonchev–Trinajstić information content (AvgIpc) is 2.05. The zero-order chi connectivity index (χ0) is 8.81. The van der Waals surface area contributed by atoms with E-state index in [1.165, 1.54) is 9.13 Å². The number of hydrogen-bond acceptors (Lipinski definition) is 2. The second-order valence-electron chi connectivity index (χ2n) is 2.60. The van der Waals surface area contributed by atoms with E-state index in [1.807, 2.05) is 0 Å². The summed E-state index contributed by atoms with van der Waals surface area (Å²) in [7, 11) is 0. The highest BCUT2D eigenvalue weighted by Gasteiger charge is 1.93. The molecule has 0 aliphatic heterocycles. The molecule has 1 rings (SSSR count). The number of hydrogen-bond donors (Lipinski definition) is 1. The summed E-state index contributed by atoms with van der Waals surface area (Å²) >= 11 is 2.31. The summed E-state index contributed by atoms with van der Waals surface area (Å²) in [6.45, 7) is 0.630. The lowest BCUT2D eigenvalue weighted by Crippen LogP contribution is -2.01. The molecule has 0 saturated heterocycles. The molecule has 1 aromatic rings. The zero-order valence-corrected chi connectivity index (χ0v) is 8.95. The Morgan fingerprint density at radius 1 is 1.42 bits per heavy atom. The molecule has 0 atom stereocenters. The van der Waals surface area contributed by atoms with E-state index in [-0.39, 0.29) is 0 Å². The first-order valence-electron chi connectivity index (χ1n) is 3.89. The minimum absolute atomic E-state index is 0.630. The van der Waals surface area contributed by atoms with E-state index in [0.29, 0.717) is 6.61 Å². The molecule has 66 valence electrons. The number of aryl methyl sites for hydroxylation is 1. The molecular weight excluding hydrogens is 265 g/mol. The summed E-state index contributed by atoms with van der Waals surface area (Å²) in [5.41, 5.74) is 1.35. The van der Waals surface area contributed by atoms with Crippen LogP contribution >= 0.6 is 22.6 Å². The van der Waals surface area contributed by atoms with Gasteiger partial charge < -0.3 is 4.84 Å². The Morgan fingerprint density at radius 3 is 2.92 bits per heavy atom. The van der Waals surface area contributed by atoms with Crippen LogP contribution in [0.25, 0.3) is 0 Å². The number of benzene rings is 1. The molecule has 0 unspecified atom stereocenters. The van der Waals surface area contributed by atoms with Gasteiger partial charge in [0.1, 0.15) is 0 Å². The van der Waals surface area contributed by atoms with E-state index in [1.54, 1.807) is 0 Å². The topological polar surface area (TPSA) is 35.2 Å². The first-order valence-corrected chi connectivity index (χ1v) is 4.97. The van der Waals surface area contributed by atoms with Crippen LogP contribution in [0.5, 0.6) is 0 Å². The monoisotopic (exact) mass is 277 g/mol. The highest BCUT2D eigenvalue weighted by atomic mass is 127. The first-order chi connectivity index (χ1) is 5.83. The van der Waals surface area contributed by atoms with Crippen molar-refractivity contribution in [2.75, 3.05) is 6.61 Å². The predicted octanol–water partition coefficient (Wildman–Crippen LogP) is 2.11. The molecule has 0 amide bonds. The van der Waals surface area contributed by atoms with Gasteiger partial charge >= 0.3 is 0 Å². The highest BCUT2D eigenvalue weighted by molar-refractivity contribution is 14.1. The van der Waals surface area contributed by atoms with Crippen molar-refractivity contribution in [1.29, 1.82) is 0 Å². The van der Waals surface area contributed by atoms with Crippen molar-refractivity contribution in [3.8, 4) is 0 Å². The molecule has 12 heavy (non-hydrogen) atoms. The molecular formula is C9H12INO. The van der Waals surface area contributed by atoms with Crippen LogP contribution in [0.15, 0.2) is 24.3 Å². The van der Waals surface area contributed by atoms with Crippen LogP contribution in [-0.4, -0.2) is 6.61 Å². The highest BCUT2D eigenvalue weighted by Crippen LogP contribution is 2.09. The van der Waals surface area contributed by atoms with Gasteiger partial charge in [0.2, 0.25) is 0 Å².